The molecule has 0 radical (unpaired) electrons. The molecule has 1 aromatic rings. The second kappa shape index (κ2) is 4.63. The van der Waals surface area contributed by atoms with Crippen LogP contribution < -0.4 is 4.90 Å². The number of piperidine rings is 1. The molecule has 2 aliphatic rings. The van der Waals surface area contributed by atoms with E-state index in [1.165, 1.54) is 12.0 Å². The van der Waals surface area contributed by atoms with Gasteiger partial charge in [-0.15, -0.1) is 0 Å². The van der Waals surface area contributed by atoms with Crippen molar-refractivity contribution in [2.24, 2.45) is 5.92 Å². The first kappa shape index (κ1) is 11.6. The molecule has 2 aliphatic heterocycles. The Morgan fingerprint density at radius 2 is 2.11 bits per heavy atom. The van der Waals surface area contributed by atoms with Gasteiger partial charge in [-0.25, -0.2) is 4.79 Å². The van der Waals surface area contributed by atoms with E-state index in [-0.39, 0.29) is 6.03 Å². The highest BCUT2D eigenvalue weighted by molar-refractivity contribution is 5.94. The van der Waals surface area contributed by atoms with Gasteiger partial charge in [0.15, 0.2) is 0 Å². The Bertz CT molecular complexity index is 458. The van der Waals surface area contributed by atoms with Gasteiger partial charge in [0.25, 0.3) is 0 Å². The fourth-order valence-corrected chi connectivity index (χ4v) is 3.07. The number of amides is 2. The molecule has 0 aliphatic carbocycles. The van der Waals surface area contributed by atoms with Crippen LogP contribution in [0, 0.1) is 5.92 Å². The summed E-state index contributed by atoms with van der Waals surface area (Å²) in [5.74, 6) is 0.639. The van der Waals surface area contributed by atoms with Crippen molar-refractivity contribution in [3.05, 3.63) is 29.8 Å². The molecule has 3 nitrogen and oxygen atoms in total. The van der Waals surface area contributed by atoms with E-state index in [2.05, 4.69) is 25.1 Å². The normalized spacial score (nSPS) is 23.1. The third kappa shape index (κ3) is 1.98. The smallest absolute Gasteiger partial charge is 0.324 e. The number of carbonyl (C=O) groups is 1. The monoisotopic (exact) mass is 244 g/mol. The van der Waals surface area contributed by atoms with Gasteiger partial charge in [0.05, 0.1) is 0 Å². The van der Waals surface area contributed by atoms with Crippen LogP contribution in [0.4, 0.5) is 10.5 Å². The minimum absolute atomic E-state index is 0.200. The Morgan fingerprint density at radius 1 is 1.28 bits per heavy atom. The van der Waals surface area contributed by atoms with Gasteiger partial charge in [0.1, 0.15) is 0 Å². The molecule has 0 spiro atoms. The molecule has 0 saturated carbocycles. The number of benzene rings is 1. The number of rotatable bonds is 0. The Morgan fingerprint density at radius 3 is 2.94 bits per heavy atom. The SMILES string of the molecule is CC1CCCN(C(=O)N2CCc3ccccc32)C1. The zero-order chi connectivity index (χ0) is 12.5. The zero-order valence-corrected chi connectivity index (χ0v) is 10.9. The molecule has 1 unspecified atom stereocenters. The van der Waals surface area contributed by atoms with Crippen LogP contribution in [0.3, 0.4) is 0 Å². The number of fused-ring (bicyclic) bond motifs is 1. The van der Waals surface area contributed by atoms with Gasteiger partial charge in [0, 0.05) is 25.3 Å². The van der Waals surface area contributed by atoms with Crippen molar-refractivity contribution in [2.45, 2.75) is 26.2 Å². The highest BCUT2D eigenvalue weighted by Gasteiger charge is 2.29. The average molecular weight is 244 g/mol. The molecule has 3 heteroatoms. The van der Waals surface area contributed by atoms with Crippen LogP contribution in [-0.4, -0.2) is 30.6 Å². The summed E-state index contributed by atoms with van der Waals surface area (Å²) in [6, 6.07) is 8.46. The lowest BCUT2D eigenvalue weighted by atomic mass is 10.0. The second-order valence-corrected chi connectivity index (χ2v) is 5.51. The molecule has 1 atom stereocenters. The van der Waals surface area contributed by atoms with Gasteiger partial charge >= 0.3 is 6.03 Å². The lowest BCUT2D eigenvalue weighted by Crippen LogP contribution is -2.46. The Hall–Kier alpha value is -1.51. The molecule has 96 valence electrons. The third-order valence-electron chi connectivity index (χ3n) is 4.05. The van der Waals surface area contributed by atoms with E-state index in [0.717, 1.165) is 38.2 Å². The zero-order valence-electron chi connectivity index (χ0n) is 10.9. The largest absolute Gasteiger partial charge is 0.324 e. The quantitative estimate of drug-likeness (QED) is 0.688. The maximum absolute atomic E-state index is 12.6. The summed E-state index contributed by atoms with van der Waals surface area (Å²) in [6.45, 7) is 4.90. The first-order chi connectivity index (χ1) is 8.75. The predicted molar refractivity (Wildman–Crippen MR) is 72.9 cm³/mol. The van der Waals surface area contributed by atoms with Crippen molar-refractivity contribution in [1.82, 2.24) is 4.90 Å². The standard InChI is InChI=1S/C15H20N2O/c1-12-5-4-9-16(11-12)15(18)17-10-8-13-6-2-3-7-14(13)17/h2-3,6-7,12H,4-5,8-11H2,1H3. The van der Waals surface area contributed by atoms with E-state index < -0.39 is 0 Å². The highest BCUT2D eigenvalue weighted by Crippen LogP contribution is 2.29. The second-order valence-electron chi connectivity index (χ2n) is 5.51. The summed E-state index contributed by atoms with van der Waals surface area (Å²) in [5, 5.41) is 0. The minimum atomic E-state index is 0.200. The van der Waals surface area contributed by atoms with Gasteiger partial charge in [0.2, 0.25) is 0 Å². The summed E-state index contributed by atoms with van der Waals surface area (Å²) in [7, 11) is 0. The van der Waals surface area contributed by atoms with Gasteiger partial charge in [-0.2, -0.15) is 0 Å². The number of carbonyl (C=O) groups excluding carboxylic acids is 1. The fourth-order valence-electron chi connectivity index (χ4n) is 3.07. The predicted octanol–water partition coefficient (Wildman–Crippen LogP) is 2.90. The molecule has 2 amide bonds. The maximum atomic E-state index is 12.6. The molecule has 0 aromatic heterocycles. The first-order valence-corrected chi connectivity index (χ1v) is 6.90. The number of hydrogen-bond acceptors (Lipinski definition) is 1. The lowest BCUT2D eigenvalue weighted by molar-refractivity contribution is 0.176. The van der Waals surface area contributed by atoms with Crippen molar-refractivity contribution in [3.63, 3.8) is 0 Å². The topological polar surface area (TPSA) is 23.6 Å². The Kier molecular flexibility index (Phi) is 2.98. The highest BCUT2D eigenvalue weighted by atomic mass is 16.2. The van der Waals surface area contributed by atoms with Crippen molar-refractivity contribution in [1.29, 1.82) is 0 Å². The molecule has 1 saturated heterocycles. The number of anilines is 1. The molecule has 2 heterocycles. The fraction of sp³-hybridized carbons (Fsp3) is 0.533. The minimum Gasteiger partial charge on any atom is -0.324 e. The van der Waals surface area contributed by atoms with Gasteiger partial charge in [-0.05, 0) is 36.8 Å². The molecule has 18 heavy (non-hydrogen) atoms. The van der Waals surface area contributed by atoms with Crippen molar-refractivity contribution in [3.8, 4) is 0 Å². The summed E-state index contributed by atoms with van der Waals surface area (Å²) in [6.07, 6.45) is 3.38. The summed E-state index contributed by atoms with van der Waals surface area (Å²) in [4.78, 5) is 16.5. The first-order valence-electron chi connectivity index (χ1n) is 6.90. The number of para-hydroxylation sites is 1. The van der Waals surface area contributed by atoms with Gasteiger partial charge in [-0.3, -0.25) is 4.90 Å². The van der Waals surface area contributed by atoms with E-state index >= 15 is 0 Å². The van der Waals surface area contributed by atoms with Crippen LogP contribution in [0.15, 0.2) is 24.3 Å². The molecule has 3 rings (SSSR count). The Balaban J connectivity index is 1.78. The van der Waals surface area contributed by atoms with Crippen LogP contribution in [0.2, 0.25) is 0 Å². The van der Waals surface area contributed by atoms with E-state index in [9.17, 15) is 4.79 Å². The van der Waals surface area contributed by atoms with E-state index in [0.29, 0.717) is 5.92 Å². The van der Waals surface area contributed by atoms with Crippen LogP contribution in [0.5, 0.6) is 0 Å². The number of urea groups is 1. The summed E-state index contributed by atoms with van der Waals surface area (Å²) < 4.78 is 0. The van der Waals surface area contributed by atoms with Gasteiger partial charge in [-0.1, -0.05) is 25.1 Å². The molecule has 0 bridgehead atoms. The molecule has 1 fully saturated rings. The average Bonchev–Trinajstić information content (AvgIpc) is 2.82. The van der Waals surface area contributed by atoms with E-state index in [4.69, 9.17) is 0 Å². The van der Waals surface area contributed by atoms with Crippen LogP contribution in [0.25, 0.3) is 0 Å². The van der Waals surface area contributed by atoms with E-state index in [1.807, 2.05) is 15.9 Å². The van der Waals surface area contributed by atoms with Crippen LogP contribution in [-0.2, 0) is 6.42 Å². The number of likely N-dealkylation sites (tertiary alicyclic amines) is 1. The molecular weight excluding hydrogens is 224 g/mol. The maximum Gasteiger partial charge on any atom is 0.324 e. The van der Waals surface area contributed by atoms with Crippen LogP contribution in [0.1, 0.15) is 25.3 Å². The molecule has 0 N–H and O–H groups in total. The van der Waals surface area contributed by atoms with Crippen molar-refractivity contribution < 1.29 is 4.79 Å². The summed E-state index contributed by atoms with van der Waals surface area (Å²) >= 11 is 0. The van der Waals surface area contributed by atoms with Crippen LogP contribution >= 0.6 is 0 Å². The number of nitrogens with zero attached hydrogens (tertiary/aromatic N) is 2. The number of hydrogen-bond donors (Lipinski definition) is 0. The third-order valence-corrected chi connectivity index (χ3v) is 4.05. The molecular formula is C15H20N2O. The van der Waals surface area contributed by atoms with Gasteiger partial charge < -0.3 is 4.90 Å². The lowest BCUT2D eigenvalue weighted by Gasteiger charge is -2.34. The van der Waals surface area contributed by atoms with Crippen molar-refractivity contribution >= 4 is 11.7 Å². The molecule has 1 aromatic carbocycles. The Labute approximate surface area is 108 Å². The summed E-state index contributed by atoms with van der Waals surface area (Å²) in [5.41, 5.74) is 2.41. The van der Waals surface area contributed by atoms with Crippen molar-refractivity contribution in [2.75, 3.05) is 24.5 Å². The van der Waals surface area contributed by atoms with E-state index in [1.54, 1.807) is 0 Å².